The van der Waals surface area contributed by atoms with Gasteiger partial charge in [0.2, 0.25) is 0 Å². The lowest BCUT2D eigenvalue weighted by Crippen LogP contribution is -2.02. The first-order valence-corrected chi connectivity index (χ1v) is 6.76. The van der Waals surface area contributed by atoms with E-state index < -0.39 is 0 Å². The predicted octanol–water partition coefficient (Wildman–Crippen LogP) is 4.43. The average molecular weight is 304 g/mol. The van der Waals surface area contributed by atoms with E-state index in [0.717, 1.165) is 16.8 Å². The van der Waals surface area contributed by atoms with Crippen LogP contribution < -0.4 is 5.73 Å². The van der Waals surface area contributed by atoms with E-state index in [1.165, 1.54) is 0 Å². The molecule has 3 rings (SSSR count). The van der Waals surface area contributed by atoms with Gasteiger partial charge in [-0.15, -0.1) is 0 Å². The number of nitrogens with two attached hydrogens (primary N) is 1. The van der Waals surface area contributed by atoms with Crippen molar-refractivity contribution in [3.05, 3.63) is 64.8 Å². The second kappa shape index (κ2) is 5.19. The average Bonchev–Trinajstić information content (AvgIpc) is 2.80. The van der Waals surface area contributed by atoms with Gasteiger partial charge in [0.25, 0.3) is 0 Å². The van der Waals surface area contributed by atoms with E-state index in [4.69, 9.17) is 28.9 Å². The Morgan fingerprint density at radius 1 is 0.950 bits per heavy atom. The highest BCUT2D eigenvalue weighted by Gasteiger charge is 2.11. The lowest BCUT2D eigenvalue weighted by atomic mass is 10.1. The molecular weight excluding hydrogens is 293 g/mol. The maximum absolute atomic E-state index is 6.18. The molecule has 2 aromatic carbocycles. The normalized spacial score (nSPS) is 10.7. The van der Waals surface area contributed by atoms with Gasteiger partial charge in [0.15, 0.2) is 0 Å². The first kappa shape index (κ1) is 13.0. The zero-order valence-corrected chi connectivity index (χ0v) is 11.9. The first-order valence-electron chi connectivity index (χ1n) is 6.00. The van der Waals surface area contributed by atoms with E-state index >= 15 is 0 Å². The molecule has 0 radical (unpaired) electrons. The molecule has 0 saturated carbocycles. The molecule has 0 atom stereocenters. The molecule has 0 aliphatic carbocycles. The minimum absolute atomic E-state index is 0.550. The molecule has 100 valence electrons. The van der Waals surface area contributed by atoms with Crippen LogP contribution in [0.15, 0.2) is 54.7 Å². The van der Waals surface area contributed by atoms with Gasteiger partial charge in [-0.2, -0.15) is 5.10 Å². The molecule has 0 amide bonds. The van der Waals surface area contributed by atoms with Crippen LogP contribution in [-0.4, -0.2) is 9.78 Å². The van der Waals surface area contributed by atoms with Crippen molar-refractivity contribution in [2.24, 2.45) is 0 Å². The Morgan fingerprint density at radius 2 is 1.65 bits per heavy atom. The quantitative estimate of drug-likeness (QED) is 0.761. The molecule has 0 unspecified atom stereocenters. The van der Waals surface area contributed by atoms with Gasteiger partial charge in [-0.25, -0.2) is 4.68 Å². The van der Waals surface area contributed by atoms with Gasteiger partial charge >= 0.3 is 0 Å². The minimum atomic E-state index is 0.550. The second-order valence-electron chi connectivity index (χ2n) is 4.35. The second-order valence-corrected chi connectivity index (χ2v) is 5.22. The van der Waals surface area contributed by atoms with Crippen molar-refractivity contribution in [2.75, 3.05) is 5.73 Å². The summed E-state index contributed by atoms with van der Waals surface area (Å²) in [5.74, 6) is 0.550. The molecule has 1 aromatic heterocycles. The third-order valence-electron chi connectivity index (χ3n) is 2.99. The molecule has 2 N–H and O–H groups in total. The molecule has 3 nitrogen and oxygen atoms in total. The summed E-state index contributed by atoms with van der Waals surface area (Å²) in [6, 6.07) is 14.9. The fourth-order valence-corrected chi connectivity index (χ4v) is 2.42. The smallest absolute Gasteiger partial charge is 0.135 e. The first-order chi connectivity index (χ1) is 9.65. The molecule has 0 bridgehead atoms. The summed E-state index contributed by atoms with van der Waals surface area (Å²) in [5, 5.41) is 5.63. The Kier molecular flexibility index (Phi) is 3.38. The summed E-state index contributed by atoms with van der Waals surface area (Å²) in [6.45, 7) is 0. The van der Waals surface area contributed by atoms with Gasteiger partial charge in [-0.3, -0.25) is 0 Å². The largest absolute Gasteiger partial charge is 0.383 e. The Balaban J connectivity index is 2.09. The van der Waals surface area contributed by atoms with Crippen molar-refractivity contribution >= 4 is 29.0 Å². The highest BCUT2D eigenvalue weighted by Crippen LogP contribution is 2.29. The van der Waals surface area contributed by atoms with Crippen LogP contribution in [0.2, 0.25) is 10.0 Å². The van der Waals surface area contributed by atoms with Crippen LogP contribution >= 0.6 is 23.2 Å². The number of hydrogen-bond acceptors (Lipinski definition) is 2. The predicted molar refractivity (Wildman–Crippen MR) is 83.4 cm³/mol. The standard InChI is InChI=1S/C15H11Cl2N3/c16-11-4-1-3-10(7-11)14-9-19-20(15(14)18)13-6-2-5-12(17)8-13/h1-9H,18H2. The highest BCUT2D eigenvalue weighted by atomic mass is 35.5. The van der Waals surface area contributed by atoms with Crippen LogP contribution in [0.1, 0.15) is 0 Å². The third kappa shape index (κ3) is 2.38. The van der Waals surface area contributed by atoms with Gasteiger partial charge in [0.05, 0.1) is 11.9 Å². The highest BCUT2D eigenvalue weighted by molar-refractivity contribution is 6.31. The van der Waals surface area contributed by atoms with Gasteiger partial charge in [-0.1, -0.05) is 41.4 Å². The number of aromatic nitrogens is 2. The number of benzene rings is 2. The molecular formula is C15H11Cl2N3. The van der Waals surface area contributed by atoms with Crippen molar-refractivity contribution in [3.8, 4) is 16.8 Å². The SMILES string of the molecule is Nc1c(-c2cccc(Cl)c2)cnn1-c1cccc(Cl)c1. The summed E-state index contributed by atoms with van der Waals surface area (Å²) in [6.07, 6.45) is 1.72. The number of hydrogen-bond donors (Lipinski definition) is 1. The van der Waals surface area contributed by atoms with Crippen LogP contribution in [0.4, 0.5) is 5.82 Å². The van der Waals surface area contributed by atoms with Crippen molar-refractivity contribution in [1.29, 1.82) is 0 Å². The van der Waals surface area contributed by atoms with Gasteiger partial charge in [-0.05, 0) is 35.9 Å². The molecule has 3 aromatic rings. The molecule has 1 heterocycles. The zero-order valence-electron chi connectivity index (χ0n) is 10.4. The van der Waals surface area contributed by atoms with E-state index in [-0.39, 0.29) is 0 Å². The number of halogens is 2. The number of nitrogen functional groups attached to an aromatic ring is 1. The van der Waals surface area contributed by atoms with E-state index in [9.17, 15) is 0 Å². The fourth-order valence-electron chi connectivity index (χ4n) is 2.05. The minimum Gasteiger partial charge on any atom is -0.383 e. The topological polar surface area (TPSA) is 43.8 Å². The van der Waals surface area contributed by atoms with Crippen LogP contribution in [0, 0.1) is 0 Å². The maximum Gasteiger partial charge on any atom is 0.135 e. The summed E-state index contributed by atoms with van der Waals surface area (Å²) in [7, 11) is 0. The van der Waals surface area contributed by atoms with E-state index in [2.05, 4.69) is 5.10 Å². The van der Waals surface area contributed by atoms with Crippen LogP contribution in [0.3, 0.4) is 0 Å². The molecule has 0 fully saturated rings. The van der Waals surface area contributed by atoms with Crippen LogP contribution in [0.5, 0.6) is 0 Å². The maximum atomic E-state index is 6.18. The van der Waals surface area contributed by atoms with Crippen LogP contribution in [0.25, 0.3) is 16.8 Å². The Morgan fingerprint density at radius 3 is 2.35 bits per heavy atom. The fraction of sp³-hybridized carbons (Fsp3) is 0. The molecule has 5 heteroatoms. The van der Waals surface area contributed by atoms with Crippen LogP contribution in [-0.2, 0) is 0 Å². The summed E-state index contributed by atoms with van der Waals surface area (Å²) < 4.78 is 1.65. The number of anilines is 1. The number of rotatable bonds is 2. The lowest BCUT2D eigenvalue weighted by molar-refractivity contribution is 0.891. The molecule has 20 heavy (non-hydrogen) atoms. The third-order valence-corrected chi connectivity index (χ3v) is 3.47. The molecule has 0 aliphatic heterocycles. The van der Waals surface area contributed by atoms with Crippen molar-refractivity contribution < 1.29 is 0 Å². The molecule has 0 saturated heterocycles. The monoisotopic (exact) mass is 303 g/mol. The zero-order chi connectivity index (χ0) is 14.1. The van der Waals surface area contributed by atoms with Gasteiger partial charge < -0.3 is 5.73 Å². The van der Waals surface area contributed by atoms with Crippen molar-refractivity contribution in [3.63, 3.8) is 0 Å². The Labute approximate surface area is 126 Å². The lowest BCUT2D eigenvalue weighted by Gasteiger charge is -2.06. The van der Waals surface area contributed by atoms with E-state index in [0.29, 0.717) is 15.9 Å². The summed E-state index contributed by atoms with van der Waals surface area (Å²) in [4.78, 5) is 0. The van der Waals surface area contributed by atoms with Gasteiger partial charge in [0.1, 0.15) is 5.82 Å². The Bertz CT molecular complexity index is 702. The Hall–Kier alpha value is -1.97. The number of nitrogens with zero attached hydrogens (tertiary/aromatic N) is 2. The summed E-state index contributed by atoms with van der Waals surface area (Å²) in [5.41, 5.74) is 8.78. The van der Waals surface area contributed by atoms with Crippen molar-refractivity contribution in [2.45, 2.75) is 0 Å². The van der Waals surface area contributed by atoms with Gasteiger partial charge in [0, 0.05) is 15.6 Å². The summed E-state index contributed by atoms with van der Waals surface area (Å²) >= 11 is 12.0. The molecule has 0 spiro atoms. The van der Waals surface area contributed by atoms with E-state index in [1.807, 2.05) is 48.5 Å². The van der Waals surface area contributed by atoms with Crippen molar-refractivity contribution in [1.82, 2.24) is 9.78 Å². The molecule has 0 aliphatic rings. The van der Waals surface area contributed by atoms with E-state index in [1.54, 1.807) is 10.9 Å².